The number of nitrogens with zero attached hydrogens (tertiary/aromatic N) is 1. The van der Waals surface area contributed by atoms with Crippen molar-refractivity contribution in [2.75, 3.05) is 20.3 Å². The van der Waals surface area contributed by atoms with Crippen molar-refractivity contribution in [1.82, 2.24) is 4.98 Å². The maximum atomic E-state index is 11.7. The first-order valence-corrected chi connectivity index (χ1v) is 7.58. The lowest BCUT2D eigenvalue weighted by molar-refractivity contribution is 0.0596. The fraction of sp³-hybridized carbons (Fsp3) is 0.286. The van der Waals surface area contributed by atoms with Crippen LogP contribution in [0.5, 0.6) is 11.5 Å². The quantitative estimate of drug-likeness (QED) is 0.792. The lowest BCUT2D eigenvalue weighted by Gasteiger charge is -2.11. The number of carbonyl (C=O) groups excluding carboxylic acids is 1. The van der Waals surface area contributed by atoms with Crippen LogP contribution in [-0.4, -0.2) is 31.3 Å². The number of carbonyl (C=O) groups is 1. The minimum atomic E-state index is -0.477. The van der Waals surface area contributed by atoms with Gasteiger partial charge in [0.25, 0.3) is 0 Å². The summed E-state index contributed by atoms with van der Waals surface area (Å²) in [6, 6.07) is 3.56. The first-order chi connectivity index (χ1) is 10.2. The first kappa shape index (κ1) is 14.2. The molecule has 0 fully saturated rings. The van der Waals surface area contributed by atoms with Gasteiger partial charge in [-0.2, -0.15) is 0 Å². The van der Waals surface area contributed by atoms with E-state index in [0.717, 1.165) is 12.0 Å². The number of thiazole rings is 1. The summed E-state index contributed by atoms with van der Waals surface area (Å²) in [5, 5.41) is 0.452. The molecule has 0 spiro atoms. The molecule has 5 nitrogen and oxygen atoms in total. The van der Waals surface area contributed by atoms with Gasteiger partial charge in [-0.05, 0) is 17.7 Å². The van der Waals surface area contributed by atoms with E-state index in [0.29, 0.717) is 34.6 Å². The number of aromatic nitrogens is 1. The first-order valence-electron chi connectivity index (χ1n) is 6.32. The Hall–Kier alpha value is -1.79. The second kappa shape index (κ2) is 5.91. The minimum absolute atomic E-state index is 0.271. The molecule has 2 aromatic rings. The highest BCUT2D eigenvalue weighted by Crippen LogP contribution is 2.42. The Kier molecular flexibility index (Phi) is 3.98. The van der Waals surface area contributed by atoms with E-state index in [4.69, 9.17) is 25.8 Å². The SMILES string of the molecule is COC(=O)c1ncsc1-c1cc(Cl)c2c(c1)OCCCO2. The van der Waals surface area contributed by atoms with Gasteiger partial charge in [0, 0.05) is 6.42 Å². The van der Waals surface area contributed by atoms with Gasteiger partial charge in [-0.3, -0.25) is 0 Å². The van der Waals surface area contributed by atoms with Crippen molar-refractivity contribution >= 4 is 28.9 Å². The van der Waals surface area contributed by atoms with Crippen LogP contribution in [0.25, 0.3) is 10.4 Å². The van der Waals surface area contributed by atoms with Crippen LogP contribution in [0, 0.1) is 0 Å². The summed E-state index contributed by atoms with van der Waals surface area (Å²) in [6.07, 6.45) is 0.800. The van der Waals surface area contributed by atoms with Gasteiger partial charge in [0.15, 0.2) is 17.2 Å². The average Bonchev–Trinajstić information content (AvgIpc) is 2.85. The summed E-state index contributed by atoms with van der Waals surface area (Å²) in [5.74, 6) is 0.649. The predicted molar refractivity (Wildman–Crippen MR) is 79.5 cm³/mol. The molecular weight excluding hydrogens is 314 g/mol. The smallest absolute Gasteiger partial charge is 0.358 e. The number of methoxy groups -OCH3 is 1. The van der Waals surface area contributed by atoms with E-state index in [2.05, 4.69) is 4.98 Å². The van der Waals surface area contributed by atoms with Crippen LogP contribution in [0.1, 0.15) is 16.9 Å². The lowest BCUT2D eigenvalue weighted by atomic mass is 10.1. The Morgan fingerprint density at radius 3 is 3.00 bits per heavy atom. The number of ether oxygens (including phenoxy) is 3. The normalized spacial score (nSPS) is 13.6. The zero-order valence-corrected chi connectivity index (χ0v) is 12.8. The summed E-state index contributed by atoms with van der Waals surface area (Å²) in [6.45, 7) is 1.14. The molecule has 0 amide bonds. The van der Waals surface area contributed by atoms with Crippen molar-refractivity contribution in [2.24, 2.45) is 0 Å². The number of benzene rings is 1. The molecule has 0 unspecified atom stereocenters. The third-order valence-electron chi connectivity index (χ3n) is 3.01. The third-order valence-corrected chi connectivity index (χ3v) is 4.17. The number of hydrogen-bond donors (Lipinski definition) is 0. The molecule has 1 aromatic heterocycles. The Balaban J connectivity index is 2.08. The molecule has 1 aliphatic rings. The molecule has 0 saturated carbocycles. The molecule has 0 aliphatic carbocycles. The molecule has 0 N–H and O–H groups in total. The molecule has 3 rings (SSSR count). The summed E-state index contributed by atoms with van der Waals surface area (Å²) >= 11 is 7.61. The van der Waals surface area contributed by atoms with Gasteiger partial charge in [-0.25, -0.2) is 9.78 Å². The van der Waals surface area contributed by atoms with Gasteiger partial charge in [-0.1, -0.05) is 11.6 Å². The van der Waals surface area contributed by atoms with Crippen molar-refractivity contribution in [2.45, 2.75) is 6.42 Å². The maximum Gasteiger partial charge on any atom is 0.358 e. The van der Waals surface area contributed by atoms with E-state index in [9.17, 15) is 4.79 Å². The van der Waals surface area contributed by atoms with E-state index in [1.54, 1.807) is 11.6 Å². The van der Waals surface area contributed by atoms with Crippen molar-refractivity contribution in [3.63, 3.8) is 0 Å². The molecule has 0 bridgehead atoms. The Morgan fingerprint density at radius 2 is 2.19 bits per heavy atom. The number of rotatable bonds is 2. The van der Waals surface area contributed by atoms with Crippen LogP contribution < -0.4 is 9.47 Å². The third kappa shape index (κ3) is 2.69. The highest BCUT2D eigenvalue weighted by atomic mass is 35.5. The standard InChI is InChI=1S/C14H12ClNO4S/c1-18-14(17)11-13(21-7-16-11)8-5-9(15)12-10(6-8)19-3-2-4-20-12/h5-7H,2-4H2,1H3. The van der Waals surface area contributed by atoms with E-state index in [-0.39, 0.29) is 5.69 Å². The molecule has 0 atom stereocenters. The summed E-state index contributed by atoms with van der Waals surface area (Å²) in [4.78, 5) is 16.5. The number of esters is 1. The van der Waals surface area contributed by atoms with Crippen molar-refractivity contribution < 1.29 is 19.0 Å². The van der Waals surface area contributed by atoms with Crippen molar-refractivity contribution in [1.29, 1.82) is 0 Å². The highest BCUT2D eigenvalue weighted by molar-refractivity contribution is 7.13. The van der Waals surface area contributed by atoms with Crippen LogP contribution in [-0.2, 0) is 4.74 Å². The molecule has 21 heavy (non-hydrogen) atoms. The molecule has 7 heteroatoms. The van der Waals surface area contributed by atoms with Gasteiger partial charge in [0.1, 0.15) is 0 Å². The van der Waals surface area contributed by atoms with Crippen LogP contribution in [0.2, 0.25) is 5.02 Å². The van der Waals surface area contributed by atoms with Gasteiger partial charge in [0.2, 0.25) is 0 Å². The molecule has 1 aromatic carbocycles. The van der Waals surface area contributed by atoms with Crippen molar-refractivity contribution in [3.8, 4) is 21.9 Å². The van der Waals surface area contributed by atoms with Crippen LogP contribution in [0.15, 0.2) is 17.6 Å². The lowest BCUT2D eigenvalue weighted by Crippen LogP contribution is -2.03. The molecular formula is C14H12ClNO4S. The summed E-state index contributed by atoms with van der Waals surface area (Å²) < 4.78 is 16.0. The second-order valence-corrected chi connectivity index (χ2v) is 5.62. The van der Waals surface area contributed by atoms with Crippen molar-refractivity contribution in [3.05, 3.63) is 28.4 Å². The fourth-order valence-corrected chi connectivity index (χ4v) is 3.09. The molecule has 0 radical (unpaired) electrons. The largest absolute Gasteiger partial charge is 0.489 e. The van der Waals surface area contributed by atoms with Gasteiger partial charge < -0.3 is 14.2 Å². The zero-order valence-electron chi connectivity index (χ0n) is 11.2. The van der Waals surface area contributed by atoms with E-state index >= 15 is 0 Å². The number of fused-ring (bicyclic) bond motifs is 1. The Bertz CT molecular complexity index is 686. The molecule has 0 saturated heterocycles. The van der Waals surface area contributed by atoms with E-state index in [1.807, 2.05) is 6.07 Å². The van der Waals surface area contributed by atoms with Crippen LogP contribution in [0.4, 0.5) is 0 Å². The van der Waals surface area contributed by atoms with E-state index in [1.165, 1.54) is 18.4 Å². The minimum Gasteiger partial charge on any atom is -0.489 e. The monoisotopic (exact) mass is 325 g/mol. The Morgan fingerprint density at radius 1 is 1.38 bits per heavy atom. The second-order valence-electron chi connectivity index (χ2n) is 4.36. The topological polar surface area (TPSA) is 57.7 Å². The average molecular weight is 326 g/mol. The van der Waals surface area contributed by atoms with Crippen LogP contribution in [0.3, 0.4) is 0 Å². The maximum absolute atomic E-state index is 11.7. The van der Waals surface area contributed by atoms with Gasteiger partial charge in [-0.15, -0.1) is 11.3 Å². The number of hydrogen-bond acceptors (Lipinski definition) is 6. The van der Waals surface area contributed by atoms with Crippen LogP contribution >= 0.6 is 22.9 Å². The van der Waals surface area contributed by atoms with Gasteiger partial charge >= 0.3 is 5.97 Å². The summed E-state index contributed by atoms with van der Waals surface area (Å²) in [7, 11) is 1.33. The molecule has 2 heterocycles. The number of halogens is 1. The molecule has 110 valence electrons. The predicted octanol–water partition coefficient (Wildman–Crippen LogP) is 3.41. The molecule has 1 aliphatic heterocycles. The van der Waals surface area contributed by atoms with Gasteiger partial charge in [0.05, 0.1) is 35.7 Å². The summed E-state index contributed by atoms with van der Waals surface area (Å²) in [5.41, 5.74) is 2.62. The van der Waals surface area contributed by atoms with E-state index < -0.39 is 5.97 Å². The highest BCUT2D eigenvalue weighted by Gasteiger charge is 2.21. The zero-order chi connectivity index (χ0) is 14.8. The Labute approximate surface area is 130 Å². The fourth-order valence-electron chi connectivity index (χ4n) is 2.05.